The van der Waals surface area contributed by atoms with Gasteiger partial charge in [-0.3, -0.25) is 4.79 Å². The molecule has 0 aliphatic rings. The number of hydrogen-bond donors (Lipinski definition) is 2. The van der Waals surface area contributed by atoms with Crippen LogP contribution >= 0.6 is 0 Å². The lowest BCUT2D eigenvalue weighted by Gasteiger charge is -2.19. The predicted octanol–water partition coefficient (Wildman–Crippen LogP) is 2.97. The molecule has 0 aliphatic heterocycles. The van der Waals surface area contributed by atoms with Crippen molar-refractivity contribution in [1.82, 2.24) is 5.32 Å². The smallest absolute Gasteiger partial charge is 0.416 e. The number of hydrogen-bond acceptors (Lipinski definition) is 3. The quantitative estimate of drug-likeness (QED) is 0.525. The second-order valence-corrected chi connectivity index (χ2v) is 5.47. The molecule has 0 saturated carbocycles. The average molecular weight is 359 g/mol. The van der Waals surface area contributed by atoms with Crippen molar-refractivity contribution in [2.75, 3.05) is 13.2 Å². The molecule has 0 aromatic heterocycles. The van der Waals surface area contributed by atoms with Gasteiger partial charge in [0.1, 0.15) is 0 Å². The Hall–Kier alpha value is -2.35. The Labute approximate surface area is 143 Å². The van der Waals surface area contributed by atoms with Crippen LogP contribution in [-0.2, 0) is 20.5 Å². The molecule has 1 amide bonds. The van der Waals surface area contributed by atoms with E-state index in [0.717, 1.165) is 6.07 Å². The molecule has 2 unspecified atom stereocenters. The number of nitrogens with one attached hydrogen (secondary N) is 1. The van der Waals surface area contributed by atoms with Gasteiger partial charge < -0.3 is 15.2 Å². The third kappa shape index (κ3) is 6.58. The Bertz CT molecular complexity index is 616. The van der Waals surface area contributed by atoms with Gasteiger partial charge in [-0.1, -0.05) is 31.2 Å². The number of rotatable bonds is 9. The molecule has 2 N–H and O–H groups in total. The van der Waals surface area contributed by atoms with E-state index in [1.165, 1.54) is 31.2 Å². The van der Waals surface area contributed by atoms with Crippen LogP contribution in [0.4, 0.5) is 13.2 Å². The van der Waals surface area contributed by atoms with Crippen molar-refractivity contribution in [3.8, 4) is 0 Å². The summed E-state index contributed by atoms with van der Waals surface area (Å²) in [4.78, 5) is 23.1. The molecule has 0 bridgehead atoms. The number of carboxylic acid groups (broad SMARTS) is 1. The molecular formula is C17H20F3NO4. The Morgan fingerprint density at radius 1 is 1.36 bits per heavy atom. The fourth-order valence-electron chi connectivity index (χ4n) is 2.27. The molecule has 5 nitrogen and oxygen atoms in total. The molecule has 0 spiro atoms. The zero-order valence-corrected chi connectivity index (χ0v) is 13.7. The first-order valence-electron chi connectivity index (χ1n) is 7.53. The van der Waals surface area contributed by atoms with E-state index in [1.54, 1.807) is 0 Å². The summed E-state index contributed by atoms with van der Waals surface area (Å²) in [7, 11) is 0. The first-order chi connectivity index (χ1) is 11.7. The molecule has 1 aromatic carbocycles. The van der Waals surface area contributed by atoms with Crippen LogP contribution in [0.15, 0.2) is 36.9 Å². The third-order valence-corrected chi connectivity index (χ3v) is 3.44. The average Bonchev–Trinajstić information content (AvgIpc) is 2.53. The molecular weight excluding hydrogens is 339 g/mol. The van der Waals surface area contributed by atoms with E-state index in [9.17, 15) is 22.8 Å². The van der Waals surface area contributed by atoms with Crippen LogP contribution in [0, 0.1) is 0 Å². The zero-order valence-electron chi connectivity index (χ0n) is 13.7. The molecule has 138 valence electrons. The molecule has 1 aromatic rings. The molecule has 0 aliphatic carbocycles. The van der Waals surface area contributed by atoms with E-state index in [1.807, 2.05) is 0 Å². The highest BCUT2D eigenvalue weighted by Crippen LogP contribution is 2.35. The molecule has 2 atom stereocenters. The van der Waals surface area contributed by atoms with Crippen LogP contribution in [0.5, 0.6) is 0 Å². The Balaban J connectivity index is 2.76. The van der Waals surface area contributed by atoms with Gasteiger partial charge in [0.15, 0.2) is 6.04 Å². The lowest BCUT2D eigenvalue weighted by Crippen LogP contribution is -2.44. The minimum absolute atomic E-state index is 0.0140. The molecule has 1 rings (SSSR count). The SMILES string of the molecule is C=CCOCC(NC(=O)CC(C)c1ccccc1C(F)(F)F)C(=O)O. The van der Waals surface area contributed by atoms with Crippen LogP contribution < -0.4 is 5.32 Å². The van der Waals surface area contributed by atoms with Gasteiger partial charge in [-0.25, -0.2) is 4.79 Å². The molecule has 0 saturated heterocycles. The van der Waals surface area contributed by atoms with E-state index in [0.29, 0.717) is 0 Å². The number of carboxylic acids is 1. The number of benzene rings is 1. The monoisotopic (exact) mass is 359 g/mol. The second kappa shape index (κ2) is 9.22. The van der Waals surface area contributed by atoms with Gasteiger partial charge in [-0.2, -0.15) is 13.2 Å². The Morgan fingerprint density at radius 2 is 2.00 bits per heavy atom. The van der Waals surface area contributed by atoms with Gasteiger partial charge in [0.2, 0.25) is 5.91 Å². The largest absolute Gasteiger partial charge is 0.480 e. The summed E-state index contributed by atoms with van der Waals surface area (Å²) in [6.45, 7) is 4.75. The van der Waals surface area contributed by atoms with Crippen molar-refractivity contribution >= 4 is 11.9 Å². The lowest BCUT2D eigenvalue weighted by molar-refractivity contribution is -0.143. The summed E-state index contributed by atoms with van der Waals surface area (Å²) in [5, 5.41) is 11.3. The topological polar surface area (TPSA) is 75.6 Å². The number of carbonyl (C=O) groups is 2. The minimum Gasteiger partial charge on any atom is -0.480 e. The number of aliphatic carboxylic acids is 1. The maximum absolute atomic E-state index is 13.0. The molecule has 8 heteroatoms. The minimum atomic E-state index is -4.52. The van der Waals surface area contributed by atoms with Crippen LogP contribution in [0.25, 0.3) is 0 Å². The summed E-state index contributed by atoms with van der Waals surface area (Å²) in [5.41, 5.74) is -0.820. The molecule has 0 radical (unpaired) electrons. The zero-order chi connectivity index (χ0) is 19.0. The van der Waals surface area contributed by atoms with E-state index >= 15 is 0 Å². The van der Waals surface area contributed by atoms with Crippen molar-refractivity contribution in [3.63, 3.8) is 0 Å². The highest BCUT2D eigenvalue weighted by atomic mass is 19.4. The Kier molecular flexibility index (Phi) is 7.63. The normalized spacial score (nSPS) is 13.8. The highest BCUT2D eigenvalue weighted by molar-refractivity contribution is 5.84. The fourth-order valence-corrected chi connectivity index (χ4v) is 2.27. The van der Waals surface area contributed by atoms with Gasteiger partial charge in [0, 0.05) is 6.42 Å². The van der Waals surface area contributed by atoms with Crippen LogP contribution in [-0.4, -0.2) is 36.2 Å². The van der Waals surface area contributed by atoms with Crippen molar-refractivity contribution in [2.45, 2.75) is 31.5 Å². The maximum atomic E-state index is 13.0. The first kappa shape index (κ1) is 20.7. The number of carbonyl (C=O) groups excluding carboxylic acids is 1. The summed E-state index contributed by atoms with van der Waals surface area (Å²) < 4.78 is 44.1. The number of amides is 1. The first-order valence-corrected chi connectivity index (χ1v) is 7.53. The highest BCUT2D eigenvalue weighted by Gasteiger charge is 2.34. The number of halogens is 3. The third-order valence-electron chi connectivity index (χ3n) is 3.44. The summed E-state index contributed by atoms with van der Waals surface area (Å²) in [6.07, 6.45) is -3.38. The fraction of sp³-hybridized carbons (Fsp3) is 0.412. The predicted molar refractivity (Wildman–Crippen MR) is 85.1 cm³/mol. The number of ether oxygens (including phenoxy) is 1. The standard InChI is InChI=1S/C17H20F3NO4/c1-3-8-25-10-14(16(23)24)21-15(22)9-11(2)12-6-4-5-7-13(12)17(18,19)20/h3-7,11,14H,1,8-10H2,2H3,(H,21,22)(H,23,24). The van der Waals surface area contributed by atoms with Crippen LogP contribution in [0.3, 0.4) is 0 Å². The van der Waals surface area contributed by atoms with Crippen molar-refractivity contribution in [1.29, 1.82) is 0 Å². The van der Waals surface area contributed by atoms with Gasteiger partial charge in [0.25, 0.3) is 0 Å². The maximum Gasteiger partial charge on any atom is 0.416 e. The summed E-state index contributed by atoms with van der Waals surface area (Å²) in [5.74, 6) is -2.69. The molecule has 25 heavy (non-hydrogen) atoms. The number of alkyl halides is 3. The van der Waals surface area contributed by atoms with E-state index in [4.69, 9.17) is 9.84 Å². The Morgan fingerprint density at radius 3 is 2.56 bits per heavy atom. The van der Waals surface area contributed by atoms with Gasteiger partial charge in [-0.15, -0.1) is 6.58 Å². The summed E-state index contributed by atoms with van der Waals surface area (Å²) >= 11 is 0. The molecule has 0 heterocycles. The molecule has 0 fully saturated rings. The second-order valence-electron chi connectivity index (χ2n) is 5.47. The van der Waals surface area contributed by atoms with Gasteiger partial charge in [0.05, 0.1) is 18.8 Å². The van der Waals surface area contributed by atoms with E-state index < -0.39 is 35.6 Å². The van der Waals surface area contributed by atoms with Crippen LogP contribution in [0.1, 0.15) is 30.4 Å². The van der Waals surface area contributed by atoms with Crippen LogP contribution in [0.2, 0.25) is 0 Å². The van der Waals surface area contributed by atoms with Crippen molar-refractivity contribution in [3.05, 3.63) is 48.0 Å². The van der Waals surface area contributed by atoms with Crippen molar-refractivity contribution < 1.29 is 32.6 Å². The van der Waals surface area contributed by atoms with Gasteiger partial charge in [-0.05, 0) is 17.5 Å². The summed E-state index contributed by atoms with van der Waals surface area (Å²) in [6, 6.07) is 3.71. The van der Waals surface area contributed by atoms with E-state index in [2.05, 4.69) is 11.9 Å². The van der Waals surface area contributed by atoms with Crippen molar-refractivity contribution in [2.24, 2.45) is 0 Å². The van der Waals surface area contributed by atoms with Gasteiger partial charge >= 0.3 is 12.1 Å². The lowest BCUT2D eigenvalue weighted by atomic mass is 9.92. The van der Waals surface area contributed by atoms with E-state index in [-0.39, 0.29) is 25.2 Å².